The molecule has 4 rings (SSSR count). The number of benzene rings is 2. The van der Waals surface area contributed by atoms with Gasteiger partial charge in [-0.05, 0) is 43.2 Å². The van der Waals surface area contributed by atoms with Gasteiger partial charge < -0.3 is 19.4 Å². The van der Waals surface area contributed by atoms with Gasteiger partial charge in [-0.3, -0.25) is 9.59 Å². The maximum Gasteiger partial charge on any atom is 0.257 e. The second-order valence-corrected chi connectivity index (χ2v) is 7.13. The molecule has 0 aliphatic carbocycles. The molecule has 0 fully saturated rings. The van der Waals surface area contributed by atoms with Crippen molar-refractivity contribution in [2.24, 2.45) is 0 Å². The molecule has 1 aromatic heterocycles. The average Bonchev–Trinajstić information content (AvgIpc) is 2.72. The summed E-state index contributed by atoms with van der Waals surface area (Å²) >= 11 is 0. The van der Waals surface area contributed by atoms with Crippen LogP contribution in [0.5, 0.6) is 11.5 Å². The molecule has 0 saturated heterocycles. The number of ether oxygens (including phenoxy) is 2. The average molecular weight is 390 g/mol. The number of carbonyl (C=O) groups is 1. The number of carbonyl (C=O) groups excluding carboxylic acids is 1. The molecule has 0 bridgehead atoms. The van der Waals surface area contributed by atoms with E-state index in [2.05, 4.69) is 11.4 Å². The number of rotatable bonds is 4. The standard InChI is InChI=1S/C23H22N2O4/c1-15-3-4-16(2)18(11-15)14-25-13-17(5-8-22(25)26)23(27)24-19-6-7-20-21(12-19)29-10-9-28-20/h3-8,11-13H,9-10,14H2,1-2H3,(H,24,27). The van der Waals surface area contributed by atoms with Crippen molar-refractivity contribution in [1.82, 2.24) is 4.57 Å². The Balaban J connectivity index is 1.56. The molecule has 6 heteroatoms. The number of hydrogen-bond acceptors (Lipinski definition) is 4. The van der Waals surface area contributed by atoms with E-state index in [1.165, 1.54) is 12.1 Å². The molecule has 148 valence electrons. The minimum atomic E-state index is -0.295. The van der Waals surface area contributed by atoms with Crippen LogP contribution in [-0.4, -0.2) is 23.7 Å². The van der Waals surface area contributed by atoms with Gasteiger partial charge in [0.15, 0.2) is 11.5 Å². The highest BCUT2D eigenvalue weighted by atomic mass is 16.6. The van der Waals surface area contributed by atoms with Crippen molar-refractivity contribution in [3.8, 4) is 11.5 Å². The van der Waals surface area contributed by atoms with Crippen molar-refractivity contribution in [3.05, 3.63) is 87.3 Å². The Morgan fingerprint density at radius 1 is 1.00 bits per heavy atom. The van der Waals surface area contributed by atoms with E-state index >= 15 is 0 Å². The lowest BCUT2D eigenvalue weighted by Crippen LogP contribution is -2.23. The molecule has 0 radical (unpaired) electrons. The summed E-state index contributed by atoms with van der Waals surface area (Å²) in [5, 5.41) is 2.85. The molecule has 29 heavy (non-hydrogen) atoms. The van der Waals surface area contributed by atoms with Gasteiger partial charge in [0.25, 0.3) is 11.5 Å². The molecule has 2 aromatic carbocycles. The van der Waals surface area contributed by atoms with Crippen LogP contribution in [0.15, 0.2) is 59.5 Å². The van der Waals surface area contributed by atoms with Crippen molar-refractivity contribution >= 4 is 11.6 Å². The first-order chi connectivity index (χ1) is 14.0. The van der Waals surface area contributed by atoms with E-state index < -0.39 is 0 Å². The lowest BCUT2D eigenvalue weighted by atomic mass is 10.1. The first-order valence-corrected chi connectivity index (χ1v) is 9.47. The van der Waals surface area contributed by atoms with Crippen molar-refractivity contribution < 1.29 is 14.3 Å². The first-order valence-electron chi connectivity index (χ1n) is 9.47. The highest BCUT2D eigenvalue weighted by molar-refractivity contribution is 6.04. The summed E-state index contributed by atoms with van der Waals surface area (Å²) in [5.74, 6) is 0.974. The SMILES string of the molecule is Cc1ccc(C)c(Cn2cc(C(=O)Nc3ccc4c(c3)OCCO4)ccc2=O)c1. The van der Waals surface area contributed by atoms with Crippen LogP contribution in [0.25, 0.3) is 0 Å². The van der Waals surface area contributed by atoms with Gasteiger partial charge in [0, 0.05) is 24.0 Å². The van der Waals surface area contributed by atoms with Gasteiger partial charge in [-0.15, -0.1) is 0 Å². The highest BCUT2D eigenvalue weighted by Crippen LogP contribution is 2.32. The van der Waals surface area contributed by atoms with Crippen LogP contribution in [-0.2, 0) is 6.54 Å². The molecule has 1 aliphatic rings. The van der Waals surface area contributed by atoms with E-state index in [-0.39, 0.29) is 11.5 Å². The van der Waals surface area contributed by atoms with E-state index in [0.29, 0.717) is 42.5 Å². The monoisotopic (exact) mass is 390 g/mol. The summed E-state index contributed by atoms with van der Waals surface area (Å²) in [6, 6.07) is 14.4. The zero-order valence-corrected chi connectivity index (χ0v) is 16.4. The molecule has 0 saturated carbocycles. The molecule has 1 amide bonds. The Labute approximate surface area is 168 Å². The number of aryl methyl sites for hydroxylation is 2. The van der Waals surface area contributed by atoms with Crippen LogP contribution in [0.2, 0.25) is 0 Å². The zero-order chi connectivity index (χ0) is 20.4. The lowest BCUT2D eigenvalue weighted by molar-refractivity contribution is 0.102. The summed E-state index contributed by atoms with van der Waals surface area (Å²) < 4.78 is 12.6. The van der Waals surface area contributed by atoms with Crippen LogP contribution in [0.3, 0.4) is 0 Å². The number of anilines is 1. The van der Waals surface area contributed by atoms with Gasteiger partial charge in [-0.1, -0.05) is 23.8 Å². The number of amides is 1. The Morgan fingerprint density at radius 3 is 2.62 bits per heavy atom. The molecule has 1 N–H and O–H groups in total. The summed E-state index contributed by atoms with van der Waals surface area (Å²) in [5.41, 5.74) is 4.15. The largest absolute Gasteiger partial charge is 0.486 e. The van der Waals surface area contributed by atoms with Crippen LogP contribution in [0.4, 0.5) is 5.69 Å². The van der Waals surface area contributed by atoms with Gasteiger partial charge in [-0.25, -0.2) is 0 Å². The quantitative estimate of drug-likeness (QED) is 0.740. The fourth-order valence-electron chi connectivity index (χ4n) is 3.27. The Hall–Kier alpha value is -3.54. The number of aromatic nitrogens is 1. The lowest BCUT2D eigenvalue weighted by Gasteiger charge is -2.19. The predicted molar refractivity (Wildman–Crippen MR) is 111 cm³/mol. The molecule has 1 aliphatic heterocycles. The molecule has 3 aromatic rings. The van der Waals surface area contributed by atoms with E-state index in [0.717, 1.165) is 16.7 Å². The van der Waals surface area contributed by atoms with E-state index in [1.54, 1.807) is 29.0 Å². The summed E-state index contributed by atoms with van der Waals surface area (Å²) in [6.07, 6.45) is 1.59. The Bertz CT molecular complexity index is 1130. The summed E-state index contributed by atoms with van der Waals surface area (Å²) in [7, 11) is 0. The number of nitrogens with one attached hydrogen (secondary N) is 1. The third kappa shape index (κ3) is 4.16. The molecule has 0 unspecified atom stereocenters. The second-order valence-electron chi connectivity index (χ2n) is 7.13. The maximum atomic E-state index is 12.7. The van der Waals surface area contributed by atoms with Crippen molar-refractivity contribution in [2.45, 2.75) is 20.4 Å². The molecule has 6 nitrogen and oxygen atoms in total. The second kappa shape index (κ2) is 7.83. The molecular weight excluding hydrogens is 368 g/mol. The predicted octanol–water partition coefficient (Wildman–Crippen LogP) is 3.54. The fourth-order valence-corrected chi connectivity index (χ4v) is 3.27. The molecule has 0 spiro atoms. The Kier molecular flexibility index (Phi) is 5.08. The third-order valence-corrected chi connectivity index (χ3v) is 4.89. The number of hydrogen-bond donors (Lipinski definition) is 1. The maximum absolute atomic E-state index is 12.7. The minimum Gasteiger partial charge on any atom is -0.486 e. The zero-order valence-electron chi connectivity index (χ0n) is 16.4. The van der Waals surface area contributed by atoms with Gasteiger partial charge >= 0.3 is 0 Å². The number of pyridine rings is 1. The third-order valence-electron chi connectivity index (χ3n) is 4.89. The van der Waals surface area contributed by atoms with Crippen LogP contribution in [0.1, 0.15) is 27.0 Å². The topological polar surface area (TPSA) is 69.6 Å². The van der Waals surface area contributed by atoms with Gasteiger partial charge in [0.1, 0.15) is 13.2 Å². The number of nitrogens with zero attached hydrogens (tertiary/aromatic N) is 1. The van der Waals surface area contributed by atoms with E-state index in [4.69, 9.17) is 9.47 Å². The van der Waals surface area contributed by atoms with Gasteiger partial charge in [-0.2, -0.15) is 0 Å². The van der Waals surface area contributed by atoms with Crippen LogP contribution < -0.4 is 20.3 Å². The molecule has 0 atom stereocenters. The minimum absolute atomic E-state index is 0.151. The number of fused-ring (bicyclic) bond motifs is 1. The molecule has 2 heterocycles. The van der Waals surface area contributed by atoms with E-state index in [9.17, 15) is 9.59 Å². The Morgan fingerprint density at radius 2 is 1.79 bits per heavy atom. The van der Waals surface area contributed by atoms with Gasteiger partial charge in [0.05, 0.1) is 12.1 Å². The summed E-state index contributed by atoms with van der Waals surface area (Å²) in [4.78, 5) is 25.0. The van der Waals surface area contributed by atoms with Crippen molar-refractivity contribution in [1.29, 1.82) is 0 Å². The molecular formula is C23H22N2O4. The normalized spacial score (nSPS) is 12.5. The van der Waals surface area contributed by atoms with Crippen LogP contribution in [0, 0.1) is 13.8 Å². The smallest absolute Gasteiger partial charge is 0.257 e. The first kappa shape index (κ1) is 18.8. The van der Waals surface area contributed by atoms with Crippen LogP contribution >= 0.6 is 0 Å². The summed E-state index contributed by atoms with van der Waals surface area (Å²) in [6.45, 7) is 5.44. The highest BCUT2D eigenvalue weighted by Gasteiger charge is 2.14. The van der Waals surface area contributed by atoms with E-state index in [1.807, 2.05) is 26.0 Å². The van der Waals surface area contributed by atoms with Crippen molar-refractivity contribution in [3.63, 3.8) is 0 Å². The fraction of sp³-hybridized carbons (Fsp3) is 0.217. The van der Waals surface area contributed by atoms with Crippen molar-refractivity contribution in [2.75, 3.05) is 18.5 Å². The van der Waals surface area contributed by atoms with Gasteiger partial charge in [0.2, 0.25) is 0 Å².